The summed E-state index contributed by atoms with van der Waals surface area (Å²) in [4.78, 5) is 1.73. The van der Waals surface area contributed by atoms with E-state index in [-0.39, 0.29) is 12.1 Å². The first-order valence-electron chi connectivity index (χ1n) is 8.31. The maximum atomic E-state index is 13.9. The van der Waals surface area contributed by atoms with E-state index in [4.69, 9.17) is 4.74 Å². The van der Waals surface area contributed by atoms with Crippen molar-refractivity contribution in [2.75, 3.05) is 18.8 Å². The van der Waals surface area contributed by atoms with Crippen LogP contribution < -0.4 is 9.75 Å². The van der Waals surface area contributed by atoms with Gasteiger partial charge >= 0.3 is 0 Å². The molecule has 1 aromatic heterocycles. The van der Waals surface area contributed by atoms with Crippen molar-refractivity contribution in [1.82, 2.24) is 15.1 Å². The van der Waals surface area contributed by atoms with Crippen LogP contribution in [-0.2, 0) is 6.54 Å². The molecule has 0 spiro atoms. The summed E-state index contributed by atoms with van der Waals surface area (Å²) in [6.07, 6.45) is 5.08. The lowest BCUT2D eigenvalue weighted by Crippen LogP contribution is -2.27. The van der Waals surface area contributed by atoms with Crippen LogP contribution in [0.3, 0.4) is 0 Å². The fraction of sp³-hybridized carbons (Fsp3) is 0.158. The fourth-order valence-corrected chi connectivity index (χ4v) is 2.98. The third kappa shape index (κ3) is 3.33. The molecule has 0 fully saturated rings. The molecule has 4 rings (SSSR count). The van der Waals surface area contributed by atoms with Crippen LogP contribution >= 0.6 is 0 Å². The first-order valence-corrected chi connectivity index (χ1v) is 8.31. The second-order valence-electron chi connectivity index (χ2n) is 6.09. The average molecular weight is 369 g/mol. The molecule has 1 N–H and O–H groups in total. The van der Waals surface area contributed by atoms with E-state index >= 15 is 0 Å². The van der Waals surface area contributed by atoms with Gasteiger partial charge in [-0.3, -0.25) is 5.10 Å². The topological polar surface area (TPSA) is 56.8 Å². The van der Waals surface area contributed by atoms with Crippen LogP contribution in [0.2, 0.25) is 0 Å². The average Bonchev–Trinajstić information content (AvgIpc) is 3.36. The fourth-order valence-electron chi connectivity index (χ4n) is 2.98. The second-order valence-corrected chi connectivity index (χ2v) is 6.09. The highest BCUT2D eigenvalue weighted by atomic mass is 19.1. The molecule has 1 aliphatic rings. The van der Waals surface area contributed by atoms with Crippen molar-refractivity contribution < 1.29 is 13.5 Å². The number of ether oxygens (including phenoxy) is 1. The molecule has 0 saturated carbocycles. The molecule has 8 heteroatoms. The Morgan fingerprint density at radius 1 is 1.19 bits per heavy atom. The Bertz CT molecular complexity index is 954. The quantitative estimate of drug-likeness (QED) is 0.747. The Morgan fingerprint density at radius 2 is 2.00 bits per heavy atom. The van der Waals surface area contributed by atoms with E-state index in [1.165, 1.54) is 18.2 Å². The first kappa shape index (κ1) is 17.0. The monoisotopic (exact) mass is 369 g/mol. The smallest absolute Gasteiger partial charge is 0.131 e. The van der Waals surface area contributed by atoms with Crippen molar-refractivity contribution in [3.05, 3.63) is 66.0 Å². The molecule has 0 amide bonds. The van der Waals surface area contributed by atoms with Crippen LogP contribution in [0.25, 0.3) is 11.1 Å². The normalized spacial score (nSPS) is 13.4. The van der Waals surface area contributed by atoms with Gasteiger partial charge in [0.25, 0.3) is 0 Å². The summed E-state index contributed by atoms with van der Waals surface area (Å²) in [7, 11) is 1.60. The maximum absolute atomic E-state index is 13.9. The molecule has 2 heterocycles. The van der Waals surface area contributed by atoms with Gasteiger partial charge < -0.3 is 9.64 Å². The molecule has 0 bridgehead atoms. The zero-order valence-electron chi connectivity index (χ0n) is 14.6. The number of aromatic amines is 1. The summed E-state index contributed by atoms with van der Waals surface area (Å²) >= 11 is 0. The van der Waals surface area contributed by atoms with Crippen molar-refractivity contribution in [2.24, 2.45) is 5.10 Å². The number of methoxy groups -OCH3 is 1. The number of hydrogen-bond donors (Lipinski definition) is 1. The Hall–Kier alpha value is -3.42. The summed E-state index contributed by atoms with van der Waals surface area (Å²) in [6.45, 7) is 0.477. The van der Waals surface area contributed by atoms with Crippen molar-refractivity contribution in [3.63, 3.8) is 0 Å². The van der Waals surface area contributed by atoms with Gasteiger partial charge in [-0.2, -0.15) is 10.2 Å². The van der Waals surface area contributed by atoms with E-state index in [0.29, 0.717) is 12.4 Å². The molecule has 0 unspecified atom stereocenters. The maximum Gasteiger partial charge on any atom is 0.131 e. The van der Waals surface area contributed by atoms with Crippen LogP contribution in [0.1, 0.15) is 5.56 Å². The summed E-state index contributed by atoms with van der Waals surface area (Å²) in [5, 5.41) is 12.8. The highest BCUT2D eigenvalue weighted by molar-refractivity contribution is 5.73. The summed E-state index contributed by atoms with van der Waals surface area (Å²) < 4.78 is 33.2. The molecule has 0 atom stereocenters. The Kier molecular flexibility index (Phi) is 4.45. The summed E-state index contributed by atoms with van der Waals surface area (Å²) in [6, 6.07) is 9.56. The lowest BCUT2D eigenvalue weighted by atomic mass is 10.1. The van der Waals surface area contributed by atoms with Gasteiger partial charge in [0, 0.05) is 29.0 Å². The number of rotatable bonds is 5. The Labute approximate surface area is 154 Å². The largest absolute Gasteiger partial charge is 0.496 e. The van der Waals surface area contributed by atoms with E-state index in [1.54, 1.807) is 35.8 Å². The Morgan fingerprint density at radius 3 is 2.70 bits per heavy atom. The third-order valence-corrected chi connectivity index (χ3v) is 4.39. The van der Waals surface area contributed by atoms with Gasteiger partial charge in [0.15, 0.2) is 0 Å². The molecule has 6 nitrogen and oxygen atoms in total. The molecule has 3 aromatic rings. The number of hydrazone groups is 1. The summed E-state index contributed by atoms with van der Waals surface area (Å²) in [5.41, 5.74) is 2.66. The lowest BCUT2D eigenvalue weighted by molar-refractivity contribution is 0.414. The predicted molar refractivity (Wildman–Crippen MR) is 98.3 cm³/mol. The zero-order chi connectivity index (χ0) is 18.8. The third-order valence-electron chi connectivity index (χ3n) is 4.39. The molecule has 27 heavy (non-hydrogen) atoms. The van der Waals surface area contributed by atoms with Gasteiger partial charge in [0.2, 0.25) is 0 Å². The summed E-state index contributed by atoms with van der Waals surface area (Å²) in [5.74, 6) is -0.441. The van der Waals surface area contributed by atoms with Gasteiger partial charge in [-0.15, -0.1) is 0 Å². The molecular weight excluding hydrogens is 352 g/mol. The molecule has 0 aliphatic carbocycles. The van der Waals surface area contributed by atoms with E-state index in [0.717, 1.165) is 16.8 Å². The molecular formula is C19H17F2N5O. The number of nitrogens with zero attached hydrogens (tertiary/aromatic N) is 4. The molecule has 1 aliphatic heterocycles. The number of anilines is 1. The van der Waals surface area contributed by atoms with Gasteiger partial charge in [-0.05, 0) is 24.3 Å². The number of H-pyrrole nitrogens is 1. The zero-order valence-corrected chi connectivity index (χ0v) is 14.6. The minimum atomic E-state index is -0.562. The van der Waals surface area contributed by atoms with Crippen LogP contribution in [0.5, 0.6) is 5.75 Å². The van der Waals surface area contributed by atoms with Crippen LogP contribution in [0, 0.1) is 11.6 Å². The molecule has 0 saturated heterocycles. The highest BCUT2D eigenvalue weighted by Crippen LogP contribution is 2.34. The van der Waals surface area contributed by atoms with Gasteiger partial charge in [-0.25, -0.2) is 13.8 Å². The van der Waals surface area contributed by atoms with E-state index < -0.39 is 11.6 Å². The first-order chi connectivity index (χ1) is 13.2. The molecule has 138 valence electrons. The van der Waals surface area contributed by atoms with E-state index in [2.05, 4.69) is 15.3 Å². The second kappa shape index (κ2) is 7.06. The minimum Gasteiger partial charge on any atom is -0.496 e. The van der Waals surface area contributed by atoms with Crippen LogP contribution in [-0.4, -0.2) is 35.2 Å². The number of hydrogen-bond acceptors (Lipinski definition) is 5. The minimum absolute atomic E-state index is 0.0266. The van der Waals surface area contributed by atoms with Crippen LogP contribution in [0.4, 0.5) is 14.5 Å². The SMILES string of the molecule is COc1cc(N2CN(Cc3c(F)cccc3F)C=N2)ccc1-c1cn[nH]c1. The highest BCUT2D eigenvalue weighted by Gasteiger charge is 2.20. The lowest BCUT2D eigenvalue weighted by Gasteiger charge is -2.20. The van der Waals surface area contributed by atoms with Crippen molar-refractivity contribution >= 4 is 12.0 Å². The van der Waals surface area contributed by atoms with Crippen molar-refractivity contribution in [1.29, 1.82) is 0 Å². The van der Waals surface area contributed by atoms with Gasteiger partial charge in [0.05, 0.1) is 25.5 Å². The van der Waals surface area contributed by atoms with Crippen molar-refractivity contribution in [3.8, 4) is 16.9 Å². The number of benzene rings is 2. The number of halogens is 2. The van der Waals surface area contributed by atoms with Gasteiger partial charge in [-0.1, -0.05) is 6.07 Å². The van der Waals surface area contributed by atoms with E-state index in [1.807, 2.05) is 18.2 Å². The molecule has 0 radical (unpaired) electrons. The van der Waals surface area contributed by atoms with Gasteiger partial charge in [0.1, 0.15) is 30.4 Å². The number of aromatic nitrogens is 2. The standard InChI is InChI=1S/C19H17F2N5O/c1-27-19-7-14(5-6-15(19)13-8-22-23-9-13)26-12-25(11-24-26)10-16-17(20)3-2-4-18(16)21/h2-9,11H,10,12H2,1H3,(H,22,23). The van der Waals surface area contributed by atoms with Crippen molar-refractivity contribution in [2.45, 2.75) is 6.54 Å². The predicted octanol–water partition coefficient (Wildman–Crippen LogP) is 3.59. The number of nitrogens with one attached hydrogen (secondary N) is 1. The molecule has 2 aromatic carbocycles. The Balaban J connectivity index is 1.52. The van der Waals surface area contributed by atoms with E-state index in [9.17, 15) is 8.78 Å². The van der Waals surface area contributed by atoms with Crippen LogP contribution in [0.15, 0.2) is 53.9 Å².